The summed E-state index contributed by atoms with van der Waals surface area (Å²) in [6.45, 7) is 16.3. The van der Waals surface area contributed by atoms with Gasteiger partial charge in [-0.15, -0.1) is 0 Å². The van der Waals surface area contributed by atoms with Gasteiger partial charge in [0.2, 0.25) is 0 Å². The van der Waals surface area contributed by atoms with Gasteiger partial charge in [0.15, 0.2) is 25.5 Å². The smallest absolute Gasteiger partial charge is 0.336 e. The Labute approximate surface area is 323 Å². The highest BCUT2D eigenvalue weighted by atomic mass is 28.4. The van der Waals surface area contributed by atoms with Crippen molar-refractivity contribution in [3.8, 4) is 0 Å². The molecule has 6 aliphatic rings. The largest absolute Gasteiger partial charge is 0.458 e. The standard InChI is InChI=1S/C46H74O6Si/c1-8-11-14-17-26-53(27-18-15-12-9-2,28-19-16-13-10-3)50-31-35-32(4)29-39(51-43(35)49)33(5)36-20-21-37-34-30-42-46(52-42)41(48)23-22-40(47)45(46,7)38(34)24-25-44(36,37)6/h22-23,33-34,36-39,42H,8-21,24-31H2,1-7H3/t33-,34-,36+,37-,38-,39+,42+,44+,45-,46+/m0/s1. The molecular formula is C46H74O6Si. The first-order valence-electron chi connectivity index (χ1n) is 22.4. The predicted molar refractivity (Wildman–Crippen MR) is 215 cm³/mol. The van der Waals surface area contributed by atoms with Crippen molar-refractivity contribution in [2.75, 3.05) is 6.61 Å². The molecule has 6 rings (SSSR count). The third kappa shape index (κ3) is 7.52. The van der Waals surface area contributed by atoms with Gasteiger partial charge in [-0.05, 0) is 111 Å². The van der Waals surface area contributed by atoms with Gasteiger partial charge < -0.3 is 13.9 Å². The number of rotatable bonds is 20. The molecule has 4 fully saturated rings. The summed E-state index contributed by atoms with van der Waals surface area (Å²) in [5.74, 6) is 1.70. The molecule has 0 aromatic heterocycles. The maximum absolute atomic E-state index is 13.9. The summed E-state index contributed by atoms with van der Waals surface area (Å²) in [4.78, 5) is 40.7. The number of cyclic esters (lactones) is 1. The van der Waals surface area contributed by atoms with Crippen molar-refractivity contribution >= 4 is 25.9 Å². The summed E-state index contributed by atoms with van der Waals surface area (Å²) in [5, 5.41) is 0. The van der Waals surface area contributed by atoms with E-state index in [4.69, 9.17) is 13.9 Å². The summed E-state index contributed by atoms with van der Waals surface area (Å²) in [6, 6.07) is 3.68. The lowest BCUT2D eigenvalue weighted by molar-refractivity contribution is -0.155. The Balaban J connectivity index is 1.13. The van der Waals surface area contributed by atoms with Gasteiger partial charge in [0.25, 0.3) is 0 Å². The van der Waals surface area contributed by atoms with Gasteiger partial charge in [-0.2, -0.15) is 0 Å². The number of allylic oxidation sites excluding steroid dienone is 1. The molecule has 10 atom stereocenters. The molecule has 0 bridgehead atoms. The van der Waals surface area contributed by atoms with Gasteiger partial charge in [0.1, 0.15) is 6.10 Å². The SMILES string of the molecule is CCCCCC[Si](CCCCCC)(CCCCCC)OCC1=C(C)C[C@H]([C@@H](C)[C@H]2CC[C@H]3[C@@H]4C[C@H]5O[C@]56C(=O)C=CC(=O)[C@]6(C)[C@H]4CC[C@]23C)OC1=O. The summed E-state index contributed by atoms with van der Waals surface area (Å²) in [5.41, 5.74) is 0.416. The Hall–Kier alpha value is -1.57. The van der Waals surface area contributed by atoms with Gasteiger partial charge in [-0.1, -0.05) is 117 Å². The highest BCUT2D eigenvalue weighted by Crippen LogP contribution is 2.72. The lowest BCUT2D eigenvalue weighted by Crippen LogP contribution is -2.62. The highest BCUT2D eigenvalue weighted by Gasteiger charge is 2.80. The van der Waals surface area contributed by atoms with Gasteiger partial charge in [-0.3, -0.25) is 9.59 Å². The fourth-order valence-electron chi connectivity index (χ4n) is 12.9. The van der Waals surface area contributed by atoms with Gasteiger partial charge >= 0.3 is 5.97 Å². The van der Waals surface area contributed by atoms with E-state index in [1.54, 1.807) is 0 Å². The zero-order valence-corrected chi connectivity index (χ0v) is 35.7. The summed E-state index contributed by atoms with van der Waals surface area (Å²) < 4.78 is 19.9. The van der Waals surface area contributed by atoms with Crippen molar-refractivity contribution in [1.29, 1.82) is 0 Å². The molecule has 53 heavy (non-hydrogen) atoms. The minimum absolute atomic E-state index is 0.000527. The number of hydrogen-bond donors (Lipinski definition) is 0. The molecule has 4 aliphatic carbocycles. The summed E-state index contributed by atoms with van der Waals surface area (Å²) in [6.07, 6.45) is 24.0. The van der Waals surface area contributed by atoms with Crippen LogP contribution in [0.1, 0.15) is 164 Å². The maximum Gasteiger partial charge on any atom is 0.336 e. The van der Waals surface area contributed by atoms with Crippen molar-refractivity contribution in [2.45, 2.75) is 200 Å². The molecule has 1 saturated heterocycles. The zero-order valence-electron chi connectivity index (χ0n) is 34.7. The second kappa shape index (κ2) is 16.9. The van der Waals surface area contributed by atoms with Crippen LogP contribution in [-0.2, 0) is 28.3 Å². The van der Waals surface area contributed by atoms with E-state index in [-0.39, 0.29) is 47.0 Å². The molecule has 0 radical (unpaired) electrons. The van der Waals surface area contributed by atoms with Crippen molar-refractivity contribution in [2.24, 2.45) is 40.4 Å². The van der Waals surface area contributed by atoms with Crippen LogP contribution < -0.4 is 0 Å². The number of carbonyl (C=O) groups is 3. The van der Waals surface area contributed by atoms with Crippen LogP contribution in [0.4, 0.5) is 0 Å². The number of hydrogen-bond acceptors (Lipinski definition) is 6. The number of ether oxygens (including phenoxy) is 2. The number of ketones is 2. The average Bonchev–Trinajstić information content (AvgIpc) is 3.78. The van der Waals surface area contributed by atoms with E-state index >= 15 is 0 Å². The monoisotopic (exact) mass is 751 g/mol. The first kappa shape index (κ1) is 41.1. The van der Waals surface area contributed by atoms with Crippen molar-refractivity contribution in [1.82, 2.24) is 0 Å². The molecular weight excluding hydrogens is 677 g/mol. The molecule has 1 spiro atoms. The van der Waals surface area contributed by atoms with E-state index in [1.165, 1.54) is 113 Å². The van der Waals surface area contributed by atoms with Crippen LogP contribution in [0.5, 0.6) is 0 Å². The molecule has 0 aromatic rings. The van der Waals surface area contributed by atoms with Crippen LogP contribution in [0.25, 0.3) is 0 Å². The van der Waals surface area contributed by atoms with E-state index in [9.17, 15) is 14.4 Å². The fourth-order valence-corrected chi connectivity index (χ4v) is 17.2. The lowest BCUT2D eigenvalue weighted by Gasteiger charge is -2.57. The molecule has 7 heteroatoms. The lowest BCUT2D eigenvalue weighted by atomic mass is 9.44. The molecule has 6 nitrogen and oxygen atoms in total. The highest BCUT2D eigenvalue weighted by molar-refractivity contribution is 6.73. The number of epoxide rings is 1. The third-order valence-corrected chi connectivity index (χ3v) is 20.8. The van der Waals surface area contributed by atoms with Crippen molar-refractivity contribution < 1.29 is 28.3 Å². The van der Waals surface area contributed by atoms with Crippen LogP contribution in [-0.4, -0.2) is 50.3 Å². The topological polar surface area (TPSA) is 82.2 Å². The van der Waals surface area contributed by atoms with E-state index in [2.05, 4.69) is 41.5 Å². The Morgan fingerprint density at radius 1 is 0.811 bits per heavy atom. The molecule has 0 amide bonds. The number of fused-ring (bicyclic) bond motifs is 4. The Kier molecular flexibility index (Phi) is 13.1. The Bertz CT molecular complexity index is 1370. The third-order valence-electron chi connectivity index (χ3n) is 16.2. The molecule has 0 aromatic carbocycles. The number of carbonyl (C=O) groups excluding carboxylic acids is 3. The van der Waals surface area contributed by atoms with Gasteiger partial charge in [0.05, 0.1) is 23.7 Å². The van der Waals surface area contributed by atoms with Crippen molar-refractivity contribution in [3.63, 3.8) is 0 Å². The van der Waals surface area contributed by atoms with Gasteiger partial charge in [-0.25, -0.2) is 4.79 Å². The normalized spacial score (nSPS) is 36.8. The molecule has 0 N–H and O–H groups in total. The molecule has 0 unspecified atom stereocenters. The minimum Gasteiger partial charge on any atom is -0.458 e. The number of esters is 1. The second-order valence-corrected chi connectivity index (χ2v) is 23.3. The van der Waals surface area contributed by atoms with Gasteiger partial charge in [0, 0.05) is 6.42 Å². The molecule has 2 aliphatic heterocycles. The predicted octanol–water partition coefficient (Wildman–Crippen LogP) is 11.3. The first-order chi connectivity index (χ1) is 25.4. The molecule has 2 heterocycles. The first-order valence-corrected chi connectivity index (χ1v) is 24.9. The molecule has 298 valence electrons. The van der Waals surface area contributed by atoms with Crippen LogP contribution in [0.15, 0.2) is 23.3 Å². The van der Waals surface area contributed by atoms with E-state index in [0.717, 1.165) is 44.1 Å². The van der Waals surface area contributed by atoms with Crippen molar-refractivity contribution in [3.05, 3.63) is 23.3 Å². The maximum atomic E-state index is 13.9. The minimum atomic E-state index is -2.01. The summed E-state index contributed by atoms with van der Waals surface area (Å²) in [7, 11) is -2.01. The van der Waals surface area contributed by atoms with Crippen LogP contribution in [0, 0.1) is 40.4 Å². The second-order valence-electron chi connectivity index (χ2n) is 19.1. The zero-order chi connectivity index (χ0) is 38.0. The van der Waals surface area contributed by atoms with E-state index in [1.807, 2.05) is 6.92 Å². The van der Waals surface area contributed by atoms with Crippen LogP contribution in [0.3, 0.4) is 0 Å². The Morgan fingerprint density at radius 3 is 2.00 bits per heavy atom. The molecule has 3 saturated carbocycles. The van der Waals surface area contributed by atoms with Crippen LogP contribution >= 0.6 is 0 Å². The Morgan fingerprint density at radius 2 is 1.42 bits per heavy atom. The number of unbranched alkanes of at least 4 members (excludes halogenated alkanes) is 9. The quantitative estimate of drug-likeness (QED) is 0.0533. The summed E-state index contributed by atoms with van der Waals surface area (Å²) >= 11 is 0. The van der Waals surface area contributed by atoms with E-state index in [0.29, 0.717) is 24.4 Å². The average molecular weight is 751 g/mol. The van der Waals surface area contributed by atoms with E-state index < -0.39 is 19.3 Å². The fraction of sp³-hybridized carbons (Fsp3) is 0.848. The van der Waals surface area contributed by atoms with Crippen LogP contribution in [0.2, 0.25) is 18.1 Å².